The van der Waals surface area contributed by atoms with Gasteiger partial charge in [-0.2, -0.15) is 10.2 Å². The summed E-state index contributed by atoms with van der Waals surface area (Å²) in [4.78, 5) is 0. The summed E-state index contributed by atoms with van der Waals surface area (Å²) in [7, 11) is 0. The Bertz CT molecular complexity index is 140. The zero-order valence-corrected chi connectivity index (χ0v) is 5.17. The molecule has 0 aliphatic heterocycles. The minimum atomic E-state index is 0.859. The van der Waals surface area contributed by atoms with Crippen LogP contribution < -0.4 is 11.7 Å². The van der Waals surface area contributed by atoms with Crippen LogP contribution in [0.25, 0.3) is 0 Å². The minimum Gasteiger partial charge on any atom is -0.323 e. The summed E-state index contributed by atoms with van der Waals surface area (Å²) in [6, 6.07) is 0. The molecule has 4 N–H and O–H groups in total. The van der Waals surface area contributed by atoms with Gasteiger partial charge in [-0.15, -0.1) is 0 Å². The molecule has 0 aromatic heterocycles. The van der Waals surface area contributed by atoms with Crippen LogP contribution in [-0.2, 0) is 0 Å². The summed E-state index contributed by atoms with van der Waals surface area (Å²) in [5.41, 5.74) is 1.72. The maximum atomic E-state index is 5.05. The number of hydrogen-bond acceptors (Lipinski definition) is 4. The van der Waals surface area contributed by atoms with Crippen molar-refractivity contribution in [1.82, 2.24) is 0 Å². The van der Waals surface area contributed by atoms with Crippen LogP contribution in [0.1, 0.15) is 19.3 Å². The van der Waals surface area contributed by atoms with Crippen LogP contribution in [0.3, 0.4) is 0 Å². The van der Waals surface area contributed by atoms with Crippen molar-refractivity contribution in [3.8, 4) is 0 Å². The fourth-order valence-corrected chi connectivity index (χ4v) is 0.990. The van der Waals surface area contributed by atoms with Gasteiger partial charge in [0.1, 0.15) is 0 Å². The zero-order valence-electron chi connectivity index (χ0n) is 5.17. The average molecular weight is 126 g/mol. The zero-order chi connectivity index (χ0) is 6.69. The largest absolute Gasteiger partial charge is 0.323 e. The SMILES string of the molecule is NN=C1CCCC1=NN. The molecule has 0 saturated heterocycles. The number of hydrazone groups is 2. The molecule has 1 saturated carbocycles. The number of nitrogens with two attached hydrogens (primary N) is 2. The summed E-state index contributed by atoms with van der Waals surface area (Å²) in [5.74, 6) is 10.1. The van der Waals surface area contributed by atoms with Crippen molar-refractivity contribution in [2.75, 3.05) is 0 Å². The van der Waals surface area contributed by atoms with Gasteiger partial charge in [0.25, 0.3) is 0 Å². The monoisotopic (exact) mass is 126 g/mol. The standard InChI is InChI=1S/C5H10N4/c6-8-4-2-1-3-5(4)9-7/h1-3,6-7H2. The second-order valence-corrected chi connectivity index (χ2v) is 2.01. The molecule has 0 unspecified atom stereocenters. The average Bonchev–Trinajstić information content (AvgIpc) is 2.33. The Morgan fingerprint density at radius 3 is 1.78 bits per heavy atom. The Labute approximate surface area is 53.6 Å². The second-order valence-electron chi connectivity index (χ2n) is 2.01. The maximum Gasteiger partial charge on any atom is 0.0832 e. The van der Waals surface area contributed by atoms with E-state index in [2.05, 4.69) is 10.2 Å². The summed E-state index contributed by atoms with van der Waals surface area (Å²) < 4.78 is 0. The third kappa shape index (κ3) is 1.01. The molecule has 0 amide bonds. The summed E-state index contributed by atoms with van der Waals surface area (Å²) in [6.07, 6.45) is 2.92. The van der Waals surface area contributed by atoms with Crippen molar-refractivity contribution in [3.63, 3.8) is 0 Å². The summed E-state index contributed by atoms with van der Waals surface area (Å²) >= 11 is 0. The predicted octanol–water partition coefficient (Wildman–Crippen LogP) is -0.200. The van der Waals surface area contributed by atoms with E-state index in [-0.39, 0.29) is 0 Å². The van der Waals surface area contributed by atoms with Crippen LogP contribution in [0.5, 0.6) is 0 Å². The van der Waals surface area contributed by atoms with E-state index in [9.17, 15) is 0 Å². The van der Waals surface area contributed by atoms with Gasteiger partial charge in [-0.1, -0.05) is 0 Å². The fraction of sp³-hybridized carbons (Fsp3) is 0.600. The number of nitrogens with zero attached hydrogens (tertiary/aromatic N) is 2. The van der Waals surface area contributed by atoms with E-state index in [4.69, 9.17) is 11.7 Å². The van der Waals surface area contributed by atoms with Crippen LogP contribution in [0.15, 0.2) is 10.2 Å². The van der Waals surface area contributed by atoms with Gasteiger partial charge in [0.15, 0.2) is 0 Å². The summed E-state index contributed by atoms with van der Waals surface area (Å²) in [6.45, 7) is 0. The Hall–Kier alpha value is -1.06. The van der Waals surface area contributed by atoms with Crippen LogP contribution in [0, 0.1) is 0 Å². The lowest BCUT2D eigenvalue weighted by Crippen LogP contribution is -2.09. The Kier molecular flexibility index (Phi) is 1.67. The molecule has 0 atom stereocenters. The molecule has 0 radical (unpaired) electrons. The van der Waals surface area contributed by atoms with Gasteiger partial charge >= 0.3 is 0 Å². The molecule has 1 fully saturated rings. The molecule has 0 heterocycles. The third-order valence-electron chi connectivity index (χ3n) is 1.47. The molecule has 1 aliphatic rings. The molecular weight excluding hydrogens is 116 g/mol. The molecular formula is C5H10N4. The Morgan fingerprint density at radius 1 is 1.00 bits per heavy atom. The van der Waals surface area contributed by atoms with Gasteiger partial charge in [0, 0.05) is 0 Å². The molecule has 0 aromatic rings. The first kappa shape index (κ1) is 6.07. The van der Waals surface area contributed by atoms with Crippen molar-refractivity contribution in [2.24, 2.45) is 21.9 Å². The van der Waals surface area contributed by atoms with Gasteiger partial charge < -0.3 is 11.7 Å². The highest BCUT2D eigenvalue weighted by atomic mass is 15.2. The topological polar surface area (TPSA) is 76.8 Å². The predicted molar refractivity (Wildman–Crippen MR) is 37.1 cm³/mol. The first-order valence-corrected chi connectivity index (χ1v) is 2.92. The van der Waals surface area contributed by atoms with Crippen LogP contribution in [0.4, 0.5) is 0 Å². The van der Waals surface area contributed by atoms with Gasteiger partial charge in [0.2, 0.25) is 0 Å². The summed E-state index contributed by atoms with van der Waals surface area (Å²) in [5, 5.41) is 7.09. The van der Waals surface area contributed by atoms with Crippen molar-refractivity contribution in [3.05, 3.63) is 0 Å². The molecule has 1 rings (SSSR count). The lowest BCUT2D eigenvalue weighted by atomic mass is 10.3. The van der Waals surface area contributed by atoms with E-state index in [1.807, 2.05) is 0 Å². The second kappa shape index (κ2) is 2.48. The quantitative estimate of drug-likeness (QED) is 0.348. The van der Waals surface area contributed by atoms with E-state index < -0.39 is 0 Å². The molecule has 4 nitrogen and oxygen atoms in total. The highest BCUT2D eigenvalue weighted by molar-refractivity contribution is 6.43. The minimum absolute atomic E-state index is 0.859. The molecule has 9 heavy (non-hydrogen) atoms. The first-order chi connectivity index (χ1) is 4.38. The van der Waals surface area contributed by atoms with E-state index in [0.29, 0.717) is 0 Å². The van der Waals surface area contributed by atoms with E-state index >= 15 is 0 Å². The molecule has 0 bridgehead atoms. The van der Waals surface area contributed by atoms with Crippen LogP contribution in [0.2, 0.25) is 0 Å². The Morgan fingerprint density at radius 2 is 1.44 bits per heavy atom. The first-order valence-electron chi connectivity index (χ1n) is 2.92. The molecule has 0 aromatic carbocycles. The van der Waals surface area contributed by atoms with Gasteiger partial charge in [-0.25, -0.2) is 0 Å². The smallest absolute Gasteiger partial charge is 0.0832 e. The van der Waals surface area contributed by atoms with E-state index in [0.717, 1.165) is 30.7 Å². The van der Waals surface area contributed by atoms with Crippen LogP contribution in [-0.4, -0.2) is 11.4 Å². The third-order valence-corrected chi connectivity index (χ3v) is 1.47. The lowest BCUT2D eigenvalue weighted by Gasteiger charge is -1.90. The van der Waals surface area contributed by atoms with E-state index in [1.165, 1.54) is 0 Å². The highest BCUT2D eigenvalue weighted by Crippen LogP contribution is 2.11. The van der Waals surface area contributed by atoms with Crippen molar-refractivity contribution in [2.45, 2.75) is 19.3 Å². The molecule has 50 valence electrons. The molecule has 0 spiro atoms. The van der Waals surface area contributed by atoms with Crippen molar-refractivity contribution in [1.29, 1.82) is 0 Å². The van der Waals surface area contributed by atoms with Gasteiger partial charge in [-0.3, -0.25) is 0 Å². The molecule has 1 aliphatic carbocycles. The number of hydrogen-bond donors (Lipinski definition) is 2. The van der Waals surface area contributed by atoms with Gasteiger partial charge in [0.05, 0.1) is 11.4 Å². The lowest BCUT2D eigenvalue weighted by molar-refractivity contribution is 0.969. The fourth-order valence-electron chi connectivity index (χ4n) is 0.990. The maximum absolute atomic E-state index is 5.05. The Balaban J connectivity index is 2.75. The van der Waals surface area contributed by atoms with Crippen molar-refractivity contribution >= 4 is 11.4 Å². The normalized spacial score (nSPS) is 28.0. The van der Waals surface area contributed by atoms with Gasteiger partial charge in [-0.05, 0) is 19.3 Å². The number of rotatable bonds is 0. The highest BCUT2D eigenvalue weighted by Gasteiger charge is 2.15. The van der Waals surface area contributed by atoms with Crippen molar-refractivity contribution < 1.29 is 0 Å². The van der Waals surface area contributed by atoms with Crippen LogP contribution >= 0.6 is 0 Å². The van der Waals surface area contributed by atoms with E-state index in [1.54, 1.807) is 0 Å². The molecule has 4 heteroatoms.